The Morgan fingerprint density at radius 3 is 2.49 bits per heavy atom. The minimum Gasteiger partial charge on any atom is -0.469 e. The molecule has 0 aromatic carbocycles. The maximum Gasteiger partial charge on any atom is 0.306 e. The quantitative estimate of drug-likeness (QED) is 0.465. The number of hydrogen-bond donors (Lipinski definition) is 1. The molecule has 1 atom stereocenters. The van der Waals surface area contributed by atoms with E-state index in [9.17, 15) is 4.79 Å². The smallest absolute Gasteiger partial charge is 0.306 e. The van der Waals surface area contributed by atoms with Crippen LogP contribution in [0.3, 0.4) is 0 Å². The molecular formula is C27H37N5O3. The molecule has 0 unspecified atom stereocenters. The Hall–Kier alpha value is -3.18. The standard InChI is InChI=1S/C27H37N5O3/c1-18(2)17-32(22-7-9-23(34-4)10-8-22)27-24(31-25-11-6-20(14-28)15-29-25)13-21(16-30-27)19(3)12-26(33)35-5/h6,11,13,15-16,18-19,22-23H,7-10,12,17H2,1-5H3,(H,29,31)/t19-,22-,23+/m1/s1. The monoisotopic (exact) mass is 479 g/mol. The van der Waals surface area contributed by atoms with Crippen LogP contribution >= 0.6 is 0 Å². The van der Waals surface area contributed by atoms with Crippen molar-refractivity contribution < 1.29 is 14.3 Å². The summed E-state index contributed by atoms with van der Waals surface area (Å²) in [6.07, 6.45) is 8.17. The van der Waals surface area contributed by atoms with Gasteiger partial charge in [-0.3, -0.25) is 4.79 Å². The molecule has 188 valence electrons. The van der Waals surface area contributed by atoms with Gasteiger partial charge in [-0.05, 0) is 61.3 Å². The average Bonchev–Trinajstić information content (AvgIpc) is 2.87. The van der Waals surface area contributed by atoms with E-state index in [1.165, 1.54) is 7.11 Å². The number of carbonyl (C=O) groups is 1. The highest BCUT2D eigenvalue weighted by Crippen LogP contribution is 2.35. The van der Waals surface area contributed by atoms with Crippen LogP contribution in [0.15, 0.2) is 30.6 Å². The third kappa shape index (κ3) is 7.15. The molecule has 3 rings (SSSR count). The molecule has 1 N–H and O–H groups in total. The van der Waals surface area contributed by atoms with Crippen LogP contribution in [-0.4, -0.2) is 48.8 Å². The van der Waals surface area contributed by atoms with Gasteiger partial charge in [-0.15, -0.1) is 0 Å². The lowest BCUT2D eigenvalue weighted by Crippen LogP contribution is -2.42. The van der Waals surface area contributed by atoms with Crippen molar-refractivity contribution in [3.05, 3.63) is 41.7 Å². The molecule has 0 radical (unpaired) electrons. The summed E-state index contributed by atoms with van der Waals surface area (Å²) >= 11 is 0. The largest absolute Gasteiger partial charge is 0.469 e. The Bertz CT molecular complexity index is 1010. The number of carbonyl (C=O) groups excluding carboxylic acids is 1. The van der Waals surface area contributed by atoms with Crippen LogP contribution in [0.4, 0.5) is 17.3 Å². The lowest BCUT2D eigenvalue weighted by atomic mass is 9.91. The number of rotatable bonds is 10. The lowest BCUT2D eigenvalue weighted by molar-refractivity contribution is -0.140. The highest BCUT2D eigenvalue weighted by molar-refractivity contribution is 5.73. The van der Waals surface area contributed by atoms with Gasteiger partial charge in [0, 0.05) is 32.1 Å². The van der Waals surface area contributed by atoms with Gasteiger partial charge in [0.1, 0.15) is 11.9 Å². The summed E-state index contributed by atoms with van der Waals surface area (Å²) in [6.45, 7) is 7.31. The maximum absolute atomic E-state index is 11.9. The van der Waals surface area contributed by atoms with E-state index in [2.05, 4.69) is 41.2 Å². The lowest BCUT2D eigenvalue weighted by Gasteiger charge is -2.39. The second kappa shape index (κ2) is 12.5. The molecule has 0 bridgehead atoms. The predicted octanol–water partition coefficient (Wildman–Crippen LogP) is 5.18. The molecule has 8 heteroatoms. The second-order valence-electron chi connectivity index (χ2n) is 9.70. The fraction of sp³-hybridized carbons (Fsp3) is 0.556. The number of pyridine rings is 2. The molecule has 35 heavy (non-hydrogen) atoms. The molecule has 1 aliphatic carbocycles. The summed E-state index contributed by atoms with van der Waals surface area (Å²) < 4.78 is 10.5. The Balaban J connectivity index is 1.98. The van der Waals surface area contributed by atoms with Gasteiger partial charge in [0.05, 0.1) is 30.9 Å². The van der Waals surface area contributed by atoms with Gasteiger partial charge in [-0.1, -0.05) is 20.8 Å². The summed E-state index contributed by atoms with van der Waals surface area (Å²) in [4.78, 5) is 23.6. The van der Waals surface area contributed by atoms with Crippen molar-refractivity contribution in [1.82, 2.24) is 9.97 Å². The molecule has 1 fully saturated rings. The molecule has 1 aliphatic rings. The first-order valence-electron chi connectivity index (χ1n) is 12.3. The molecule has 2 aromatic rings. The molecule has 1 saturated carbocycles. The third-order valence-corrected chi connectivity index (χ3v) is 6.56. The first-order valence-corrected chi connectivity index (χ1v) is 12.3. The first kappa shape index (κ1) is 26.4. The number of ether oxygens (including phenoxy) is 2. The molecule has 0 amide bonds. The van der Waals surface area contributed by atoms with Crippen molar-refractivity contribution in [3.8, 4) is 6.07 Å². The van der Waals surface area contributed by atoms with Crippen molar-refractivity contribution in [3.63, 3.8) is 0 Å². The SMILES string of the molecule is COC(=O)C[C@@H](C)c1cnc(N(CC(C)C)[C@H]2CC[C@@H](OC)CC2)c(Nc2ccc(C#N)cn2)c1. The first-order chi connectivity index (χ1) is 16.8. The number of nitrogens with one attached hydrogen (secondary N) is 1. The number of esters is 1. The number of methoxy groups -OCH3 is 2. The summed E-state index contributed by atoms with van der Waals surface area (Å²) in [5.74, 6) is 1.67. The number of anilines is 3. The second-order valence-corrected chi connectivity index (χ2v) is 9.70. The van der Waals surface area contributed by atoms with Gasteiger partial charge in [-0.2, -0.15) is 5.26 Å². The van der Waals surface area contributed by atoms with E-state index in [1.54, 1.807) is 25.4 Å². The van der Waals surface area contributed by atoms with Crippen LogP contribution in [-0.2, 0) is 14.3 Å². The molecule has 2 aromatic heterocycles. The highest BCUT2D eigenvalue weighted by atomic mass is 16.5. The van der Waals surface area contributed by atoms with Crippen molar-refractivity contribution >= 4 is 23.3 Å². The van der Waals surface area contributed by atoms with E-state index in [0.29, 0.717) is 29.4 Å². The van der Waals surface area contributed by atoms with E-state index in [0.717, 1.165) is 49.3 Å². The van der Waals surface area contributed by atoms with Crippen LogP contribution in [0.25, 0.3) is 0 Å². The Kier molecular flexibility index (Phi) is 9.44. The van der Waals surface area contributed by atoms with E-state index >= 15 is 0 Å². The molecule has 0 aliphatic heterocycles. The summed E-state index contributed by atoms with van der Waals surface area (Å²) in [6, 6.07) is 8.06. The molecule has 0 saturated heterocycles. The van der Waals surface area contributed by atoms with Crippen molar-refractivity contribution in [2.24, 2.45) is 5.92 Å². The van der Waals surface area contributed by atoms with Crippen LogP contribution in [0.2, 0.25) is 0 Å². The molecule has 0 spiro atoms. The Labute approximate surface area is 208 Å². The molecular weight excluding hydrogens is 442 g/mol. The van der Waals surface area contributed by atoms with Crippen molar-refractivity contribution in [2.75, 3.05) is 31.0 Å². The summed E-state index contributed by atoms with van der Waals surface area (Å²) in [5, 5.41) is 12.5. The minimum atomic E-state index is -0.249. The average molecular weight is 480 g/mol. The van der Waals surface area contributed by atoms with Gasteiger partial charge in [0.15, 0.2) is 5.82 Å². The predicted molar refractivity (Wildman–Crippen MR) is 137 cm³/mol. The topological polar surface area (TPSA) is 100 Å². The normalized spacial score (nSPS) is 18.5. The van der Waals surface area contributed by atoms with Gasteiger partial charge >= 0.3 is 5.97 Å². The highest BCUT2D eigenvalue weighted by Gasteiger charge is 2.29. The van der Waals surface area contributed by atoms with E-state index < -0.39 is 0 Å². The number of nitriles is 1. The fourth-order valence-corrected chi connectivity index (χ4v) is 4.58. The minimum absolute atomic E-state index is 0.0471. The third-order valence-electron chi connectivity index (χ3n) is 6.56. The number of aromatic nitrogens is 2. The van der Waals surface area contributed by atoms with Gasteiger partial charge in [0.2, 0.25) is 0 Å². The van der Waals surface area contributed by atoms with E-state index in [-0.39, 0.29) is 18.3 Å². The van der Waals surface area contributed by atoms with Crippen molar-refractivity contribution in [2.45, 2.75) is 70.9 Å². The number of hydrogen-bond acceptors (Lipinski definition) is 8. The Morgan fingerprint density at radius 2 is 1.91 bits per heavy atom. The zero-order valence-electron chi connectivity index (χ0n) is 21.5. The Morgan fingerprint density at radius 1 is 1.17 bits per heavy atom. The maximum atomic E-state index is 11.9. The van der Waals surface area contributed by atoms with Crippen LogP contribution < -0.4 is 10.2 Å². The van der Waals surface area contributed by atoms with Crippen LogP contribution in [0.5, 0.6) is 0 Å². The number of nitrogens with zero attached hydrogens (tertiary/aromatic N) is 4. The van der Waals surface area contributed by atoms with Crippen LogP contribution in [0, 0.1) is 17.2 Å². The summed E-state index contributed by atoms with van der Waals surface area (Å²) in [7, 11) is 3.20. The fourth-order valence-electron chi connectivity index (χ4n) is 4.58. The summed E-state index contributed by atoms with van der Waals surface area (Å²) in [5.41, 5.74) is 2.29. The van der Waals surface area contributed by atoms with Crippen molar-refractivity contribution in [1.29, 1.82) is 5.26 Å². The van der Waals surface area contributed by atoms with Gasteiger partial charge in [-0.25, -0.2) is 9.97 Å². The van der Waals surface area contributed by atoms with Crippen LogP contribution in [0.1, 0.15) is 69.9 Å². The van der Waals surface area contributed by atoms with Gasteiger partial charge in [0.25, 0.3) is 0 Å². The van der Waals surface area contributed by atoms with E-state index in [4.69, 9.17) is 19.7 Å². The molecule has 2 heterocycles. The zero-order valence-corrected chi connectivity index (χ0v) is 21.5. The molecule has 8 nitrogen and oxygen atoms in total. The zero-order chi connectivity index (χ0) is 25.4. The van der Waals surface area contributed by atoms with E-state index in [1.807, 2.05) is 13.1 Å². The van der Waals surface area contributed by atoms with Gasteiger partial charge < -0.3 is 19.7 Å².